The maximum atomic E-state index is 12.1. The quantitative estimate of drug-likeness (QED) is 0.807. The lowest BCUT2D eigenvalue weighted by Gasteiger charge is -2.03. The molecule has 1 N–H and O–H groups in total. The Kier molecular flexibility index (Phi) is 3.76. The van der Waals surface area contributed by atoms with E-state index >= 15 is 0 Å². The van der Waals surface area contributed by atoms with Crippen molar-refractivity contribution in [2.24, 2.45) is 0 Å². The van der Waals surface area contributed by atoms with Gasteiger partial charge in [-0.1, -0.05) is 30.3 Å². The van der Waals surface area contributed by atoms with Gasteiger partial charge in [0.1, 0.15) is 5.65 Å². The molecular formula is C18H14N2O3. The topological polar surface area (TPSA) is 71.7 Å². The third-order valence-electron chi connectivity index (χ3n) is 3.55. The second kappa shape index (κ2) is 5.88. The van der Waals surface area contributed by atoms with Crippen molar-refractivity contribution in [2.75, 3.05) is 0 Å². The van der Waals surface area contributed by atoms with Crippen LogP contribution < -0.4 is 5.56 Å². The van der Waals surface area contributed by atoms with Gasteiger partial charge in [-0.05, 0) is 36.3 Å². The summed E-state index contributed by atoms with van der Waals surface area (Å²) in [5.41, 5.74) is 2.85. The first-order valence-electron chi connectivity index (χ1n) is 7.05. The summed E-state index contributed by atoms with van der Waals surface area (Å²) in [6, 6.07) is 12.2. The van der Waals surface area contributed by atoms with E-state index in [9.17, 15) is 9.59 Å². The average Bonchev–Trinajstić information content (AvgIpc) is 2.54. The van der Waals surface area contributed by atoms with Crippen LogP contribution in [0.3, 0.4) is 0 Å². The molecule has 0 amide bonds. The van der Waals surface area contributed by atoms with Crippen LogP contribution in [0.5, 0.6) is 0 Å². The van der Waals surface area contributed by atoms with Crippen molar-refractivity contribution in [1.82, 2.24) is 9.38 Å². The number of rotatable bonds is 3. The summed E-state index contributed by atoms with van der Waals surface area (Å²) in [5, 5.41) is 8.98. The minimum atomic E-state index is -1.08. The number of nitrogens with zero attached hydrogens (tertiary/aromatic N) is 2. The van der Waals surface area contributed by atoms with Crippen LogP contribution in [0.25, 0.3) is 17.8 Å². The molecule has 0 saturated carbocycles. The van der Waals surface area contributed by atoms with Gasteiger partial charge >= 0.3 is 5.97 Å². The molecule has 0 bridgehead atoms. The largest absolute Gasteiger partial charge is 0.478 e. The van der Waals surface area contributed by atoms with Crippen LogP contribution in [-0.2, 0) is 0 Å². The van der Waals surface area contributed by atoms with Crippen LogP contribution in [0.15, 0.2) is 53.5 Å². The van der Waals surface area contributed by atoms with Crippen molar-refractivity contribution in [1.29, 1.82) is 0 Å². The zero-order chi connectivity index (χ0) is 16.4. The molecule has 0 atom stereocenters. The predicted molar refractivity (Wildman–Crippen MR) is 88.5 cm³/mol. The molecule has 0 fully saturated rings. The number of carbonyl (C=O) groups is 1. The summed E-state index contributed by atoms with van der Waals surface area (Å²) in [5.74, 6) is -1.08. The van der Waals surface area contributed by atoms with Crippen molar-refractivity contribution in [3.05, 3.63) is 81.4 Å². The number of carboxylic acid groups (broad SMARTS) is 1. The molecule has 0 spiro atoms. The average molecular weight is 306 g/mol. The van der Waals surface area contributed by atoms with Crippen LogP contribution in [0.2, 0.25) is 0 Å². The van der Waals surface area contributed by atoms with E-state index in [4.69, 9.17) is 5.11 Å². The van der Waals surface area contributed by atoms with Crippen LogP contribution in [0, 0.1) is 6.92 Å². The van der Waals surface area contributed by atoms with E-state index in [1.165, 1.54) is 28.8 Å². The molecule has 0 aliphatic heterocycles. The number of pyridine rings is 1. The van der Waals surface area contributed by atoms with E-state index in [-0.39, 0.29) is 11.1 Å². The SMILES string of the molecule is Cc1ccccc1C=Cc1cc(=O)n2cc(C(=O)O)ccc2n1. The maximum absolute atomic E-state index is 12.1. The fraction of sp³-hybridized carbons (Fsp3) is 0.0556. The number of carboxylic acids is 1. The minimum Gasteiger partial charge on any atom is -0.478 e. The van der Waals surface area contributed by atoms with Crippen LogP contribution in [0.1, 0.15) is 27.2 Å². The van der Waals surface area contributed by atoms with Gasteiger partial charge in [-0.25, -0.2) is 9.78 Å². The Morgan fingerprint density at radius 2 is 1.96 bits per heavy atom. The van der Waals surface area contributed by atoms with Crippen molar-refractivity contribution >= 4 is 23.8 Å². The van der Waals surface area contributed by atoms with Gasteiger partial charge in [0.05, 0.1) is 11.3 Å². The summed E-state index contributed by atoms with van der Waals surface area (Å²) in [6.45, 7) is 2.01. The first-order valence-corrected chi connectivity index (χ1v) is 7.05. The molecule has 0 unspecified atom stereocenters. The predicted octanol–water partition coefficient (Wildman–Crippen LogP) is 2.87. The zero-order valence-corrected chi connectivity index (χ0v) is 12.4. The number of aryl methyl sites for hydroxylation is 1. The highest BCUT2D eigenvalue weighted by Gasteiger charge is 2.06. The van der Waals surface area contributed by atoms with Gasteiger partial charge in [0.25, 0.3) is 5.56 Å². The molecule has 3 rings (SSSR count). The molecule has 114 valence electrons. The summed E-state index contributed by atoms with van der Waals surface area (Å²) >= 11 is 0. The first-order chi connectivity index (χ1) is 11.0. The van der Waals surface area contributed by atoms with Gasteiger partial charge in [-0.15, -0.1) is 0 Å². The normalized spacial score (nSPS) is 11.2. The standard InChI is InChI=1S/C18H14N2O3/c1-12-4-2-3-5-13(12)6-8-15-10-17(21)20-11-14(18(22)23)7-9-16(20)19-15/h2-11H,1H3,(H,22,23). The monoisotopic (exact) mass is 306 g/mol. The van der Waals surface area contributed by atoms with E-state index in [1.54, 1.807) is 6.08 Å². The molecule has 23 heavy (non-hydrogen) atoms. The Bertz CT molecular complexity index is 987. The van der Waals surface area contributed by atoms with Gasteiger partial charge in [-0.2, -0.15) is 0 Å². The number of aromatic carboxylic acids is 1. The van der Waals surface area contributed by atoms with E-state index in [0.717, 1.165) is 11.1 Å². The lowest BCUT2D eigenvalue weighted by molar-refractivity contribution is 0.0696. The van der Waals surface area contributed by atoms with Gasteiger partial charge in [-0.3, -0.25) is 9.20 Å². The highest BCUT2D eigenvalue weighted by molar-refractivity contribution is 5.87. The molecule has 0 aliphatic carbocycles. The molecule has 0 radical (unpaired) electrons. The second-order valence-electron chi connectivity index (χ2n) is 5.16. The van der Waals surface area contributed by atoms with Crippen molar-refractivity contribution in [3.63, 3.8) is 0 Å². The number of hydrogen-bond donors (Lipinski definition) is 1. The molecule has 3 aromatic rings. The van der Waals surface area contributed by atoms with E-state index in [1.807, 2.05) is 37.3 Å². The second-order valence-corrected chi connectivity index (χ2v) is 5.16. The fourth-order valence-corrected chi connectivity index (χ4v) is 2.28. The van der Waals surface area contributed by atoms with Gasteiger partial charge in [0.15, 0.2) is 0 Å². The smallest absolute Gasteiger partial charge is 0.337 e. The third-order valence-corrected chi connectivity index (χ3v) is 3.55. The number of fused-ring (bicyclic) bond motifs is 1. The maximum Gasteiger partial charge on any atom is 0.337 e. The third kappa shape index (κ3) is 3.03. The first kappa shape index (κ1) is 14.7. The lowest BCUT2D eigenvalue weighted by Crippen LogP contribution is -2.15. The van der Waals surface area contributed by atoms with Crippen LogP contribution in [0.4, 0.5) is 0 Å². The molecule has 0 aliphatic rings. The van der Waals surface area contributed by atoms with Crippen molar-refractivity contribution in [2.45, 2.75) is 6.92 Å². The Morgan fingerprint density at radius 3 is 2.70 bits per heavy atom. The molecule has 2 heterocycles. The van der Waals surface area contributed by atoms with Gasteiger partial charge < -0.3 is 5.11 Å². The summed E-state index contributed by atoms with van der Waals surface area (Å²) in [6.07, 6.45) is 4.95. The zero-order valence-electron chi connectivity index (χ0n) is 12.4. The summed E-state index contributed by atoms with van der Waals surface area (Å²) in [7, 11) is 0. The van der Waals surface area contributed by atoms with Gasteiger partial charge in [0, 0.05) is 12.3 Å². The molecular weight excluding hydrogens is 292 g/mol. The van der Waals surface area contributed by atoms with Crippen molar-refractivity contribution < 1.29 is 9.90 Å². The molecule has 2 aromatic heterocycles. The highest BCUT2D eigenvalue weighted by Crippen LogP contribution is 2.11. The van der Waals surface area contributed by atoms with E-state index < -0.39 is 5.97 Å². The Labute approximate surface area is 132 Å². The molecule has 5 heteroatoms. The lowest BCUT2D eigenvalue weighted by atomic mass is 10.1. The Morgan fingerprint density at radius 1 is 1.17 bits per heavy atom. The fourth-order valence-electron chi connectivity index (χ4n) is 2.28. The summed E-state index contributed by atoms with van der Waals surface area (Å²) < 4.78 is 1.23. The molecule has 1 aromatic carbocycles. The number of hydrogen-bond acceptors (Lipinski definition) is 3. The van der Waals surface area contributed by atoms with Crippen molar-refractivity contribution in [3.8, 4) is 0 Å². The van der Waals surface area contributed by atoms with Crippen LogP contribution in [-0.4, -0.2) is 20.5 Å². The minimum absolute atomic E-state index is 0.0459. The van der Waals surface area contributed by atoms with Gasteiger partial charge in [0.2, 0.25) is 0 Å². The van der Waals surface area contributed by atoms with E-state index in [2.05, 4.69) is 4.98 Å². The highest BCUT2D eigenvalue weighted by atomic mass is 16.4. The summed E-state index contributed by atoms with van der Waals surface area (Å²) in [4.78, 5) is 27.5. The molecule has 5 nitrogen and oxygen atoms in total. The Balaban J connectivity index is 2.03. The number of aromatic nitrogens is 2. The number of benzene rings is 1. The van der Waals surface area contributed by atoms with E-state index in [0.29, 0.717) is 11.3 Å². The molecule has 0 saturated heterocycles. The van der Waals surface area contributed by atoms with Crippen LogP contribution >= 0.6 is 0 Å². The Hall–Kier alpha value is -3.21.